The van der Waals surface area contributed by atoms with Gasteiger partial charge in [-0.3, -0.25) is 9.59 Å². The lowest BCUT2D eigenvalue weighted by atomic mass is 10.0. The lowest BCUT2D eigenvalue weighted by Crippen LogP contribution is -2.48. The van der Waals surface area contributed by atoms with E-state index >= 15 is 0 Å². The van der Waals surface area contributed by atoms with Gasteiger partial charge in [0.2, 0.25) is 5.91 Å². The summed E-state index contributed by atoms with van der Waals surface area (Å²) in [6.07, 6.45) is 0.576. The molecule has 0 saturated carbocycles. The SMILES string of the molecule is Cc1ccccc1C(=O)N[C@@H](CC(C)C)C(=O)N[C@@H](C)c1ccc(N2CCOCC2)cc1. The van der Waals surface area contributed by atoms with E-state index in [1.807, 2.05) is 45.9 Å². The zero-order valence-electron chi connectivity index (χ0n) is 19.6. The molecule has 2 aromatic rings. The Bertz CT molecular complexity index is 905. The fraction of sp³-hybridized carbons (Fsp3) is 0.462. The average molecular weight is 438 g/mol. The molecule has 3 rings (SSSR count). The smallest absolute Gasteiger partial charge is 0.252 e. The van der Waals surface area contributed by atoms with Crippen LogP contribution >= 0.6 is 0 Å². The second kappa shape index (κ2) is 11.1. The van der Waals surface area contributed by atoms with Crippen molar-refractivity contribution in [1.29, 1.82) is 0 Å². The molecule has 1 heterocycles. The van der Waals surface area contributed by atoms with Gasteiger partial charge in [0.15, 0.2) is 0 Å². The summed E-state index contributed by atoms with van der Waals surface area (Å²) in [7, 11) is 0. The van der Waals surface area contributed by atoms with Crippen LogP contribution in [0.5, 0.6) is 0 Å². The maximum Gasteiger partial charge on any atom is 0.252 e. The lowest BCUT2D eigenvalue weighted by Gasteiger charge is -2.29. The van der Waals surface area contributed by atoms with Crippen LogP contribution in [0.1, 0.15) is 54.7 Å². The molecule has 1 aliphatic rings. The first-order valence-corrected chi connectivity index (χ1v) is 11.4. The number of ether oxygens (including phenoxy) is 1. The summed E-state index contributed by atoms with van der Waals surface area (Å²) in [5, 5.41) is 6.03. The molecule has 1 aliphatic heterocycles. The molecule has 2 atom stereocenters. The zero-order chi connectivity index (χ0) is 23.1. The first-order valence-electron chi connectivity index (χ1n) is 11.4. The molecule has 0 bridgehead atoms. The van der Waals surface area contributed by atoms with Crippen molar-refractivity contribution >= 4 is 17.5 Å². The standard InChI is InChI=1S/C26H35N3O3/c1-18(2)17-24(28-25(30)23-8-6-5-7-19(23)3)26(31)27-20(4)21-9-11-22(12-10-21)29-13-15-32-16-14-29/h5-12,18,20,24H,13-17H2,1-4H3,(H,27,31)(H,28,30)/t20-,24-/m0/s1. The van der Waals surface area contributed by atoms with Crippen LogP contribution in [-0.4, -0.2) is 44.2 Å². The number of nitrogens with zero attached hydrogens (tertiary/aromatic N) is 1. The van der Waals surface area contributed by atoms with Crippen LogP contribution in [-0.2, 0) is 9.53 Å². The van der Waals surface area contributed by atoms with Gasteiger partial charge >= 0.3 is 0 Å². The second-order valence-electron chi connectivity index (χ2n) is 8.89. The number of anilines is 1. The van der Waals surface area contributed by atoms with Crippen LogP contribution in [0.15, 0.2) is 48.5 Å². The third kappa shape index (κ3) is 6.33. The average Bonchev–Trinajstić information content (AvgIpc) is 2.79. The highest BCUT2D eigenvalue weighted by Gasteiger charge is 2.24. The number of benzene rings is 2. The highest BCUT2D eigenvalue weighted by molar-refractivity contribution is 5.98. The van der Waals surface area contributed by atoms with Crippen LogP contribution < -0.4 is 15.5 Å². The maximum absolute atomic E-state index is 13.1. The number of amides is 2. The Morgan fingerprint density at radius 3 is 2.25 bits per heavy atom. The fourth-order valence-corrected chi connectivity index (χ4v) is 3.96. The van der Waals surface area contributed by atoms with Crippen LogP contribution in [0.25, 0.3) is 0 Å². The summed E-state index contributed by atoms with van der Waals surface area (Å²) in [6, 6.07) is 15.0. The van der Waals surface area contributed by atoms with Gasteiger partial charge in [-0.05, 0) is 55.5 Å². The first kappa shape index (κ1) is 23.8. The summed E-state index contributed by atoms with van der Waals surface area (Å²) in [5.41, 5.74) is 3.69. The van der Waals surface area contributed by atoms with Gasteiger partial charge < -0.3 is 20.3 Å². The number of hydrogen-bond acceptors (Lipinski definition) is 4. The summed E-state index contributed by atoms with van der Waals surface area (Å²) in [4.78, 5) is 28.2. The Kier molecular flexibility index (Phi) is 8.28. The van der Waals surface area contributed by atoms with Crippen LogP contribution in [0.2, 0.25) is 0 Å². The van der Waals surface area contributed by atoms with E-state index in [-0.39, 0.29) is 23.8 Å². The van der Waals surface area contributed by atoms with E-state index in [1.165, 1.54) is 5.69 Å². The van der Waals surface area contributed by atoms with Crippen molar-refractivity contribution in [3.8, 4) is 0 Å². The quantitative estimate of drug-likeness (QED) is 0.658. The van der Waals surface area contributed by atoms with Crippen LogP contribution in [0, 0.1) is 12.8 Å². The molecule has 0 aliphatic carbocycles. The van der Waals surface area contributed by atoms with Crippen molar-refractivity contribution in [2.45, 2.75) is 46.2 Å². The van der Waals surface area contributed by atoms with Crippen molar-refractivity contribution < 1.29 is 14.3 Å². The van der Waals surface area contributed by atoms with Gasteiger partial charge in [0.1, 0.15) is 6.04 Å². The molecule has 0 radical (unpaired) electrons. The minimum absolute atomic E-state index is 0.161. The molecular formula is C26H35N3O3. The highest BCUT2D eigenvalue weighted by atomic mass is 16.5. The highest BCUT2D eigenvalue weighted by Crippen LogP contribution is 2.20. The minimum Gasteiger partial charge on any atom is -0.378 e. The van der Waals surface area contributed by atoms with E-state index in [1.54, 1.807) is 6.07 Å². The number of rotatable bonds is 8. The lowest BCUT2D eigenvalue weighted by molar-refractivity contribution is -0.124. The van der Waals surface area contributed by atoms with E-state index in [2.05, 4.69) is 39.8 Å². The Hall–Kier alpha value is -2.86. The molecule has 172 valence electrons. The molecule has 1 saturated heterocycles. The van der Waals surface area contributed by atoms with Crippen molar-refractivity contribution in [3.63, 3.8) is 0 Å². The molecular weight excluding hydrogens is 402 g/mol. The number of nitrogens with one attached hydrogen (secondary N) is 2. The summed E-state index contributed by atoms with van der Waals surface area (Å²) < 4.78 is 5.42. The van der Waals surface area contributed by atoms with E-state index in [0.29, 0.717) is 12.0 Å². The molecule has 0 aromatic heterocycles. The summed E-state index contributed by atoms with van der Waals surface area (Å²) >= 11 is 0. The predicted molar refractivity (Wildman–Crippen MR) is 128 cm³/mol. The third-order valence-electron chi connectivity index (χ3n) is 5.85. The maximum atomic E-state index is 13.1. The zero-order valence-corrected chi connectivity index (χ0v) is 19.6. The molecule has 2 aromatic carbocycles. The normalized spacial score (nSPS) is 15.8. The van der Waals surface area contributed by atoms with Gasteiger partial charge in [-0.25, -0.2) is 0 Å². The summed E-state index contributed by atoms with van der Waals surface area (Å²) in [6.45, 7) is 11.2. The largest absolute Gasteiger partial charge is 0.378 e. The van der Waals surface area contributed by atoms with Gasteiger partial charge in [0.25, 0.3) is 5.91 Å². The van der Waals surface area contributed by atoms with E-state index in [4.69, 9.17) is 4.74 Å². The minimum atomic E-state index is -0.586. The monoisotopic (exact) mass is 437 g/mol. The number of carbonyl (C=O) groups is 2. The van der Waals surface area contributed by atoms with E-state index in [0.717, 1.165) is 37.4 Å². The Balaban J connectivity index is 1.64. The predicted octanol–water partition coefficient (Wildman–Crippen LogP) is 3.85. The molecule has 2 amide bonds. The molecule has 6 nitrogen and oxygen atoms in total. The second-order valence-corrected chi connectivity index (χ2v) is 8.89. The number of aryl methyl sites for hydroxylation is 1. The Morgan fingerprint density at radius 1 is 0.969 bits per heavy atom. The molecule has 2 N–H and O–H groups in total. The van der Waals surface area contributed by atoms with Crippen LogP contribution in [0.3, 0.4) is 0 Å². The number of carbonyl (C=O) groups excluding carboxylic acids is 2. The topological polar surface area (TPSA) is 70.7 Å². The van der Waals surface area contributed by atoms with E-state index < -0.39 is 6.04 Å². The number of hydrogen-bond donors (Lipinski definition) is 2. The Morgan fingerprint density at radius 2 is 1.62 bits per heavy atom. The van der Waals surface area contributed by atoms with Crippen molar-refractivity contribution in [3.05, 3.63) is 65.2 Å². The first-order chi connectivity index (χ1) is 15.3. The number of morpholine rings is 1. The summed E-state index contributed by atoms with van der Waals surface area (Å²) in [5.74, 6) is -0.108. The van der Waals surface area contributed by atoms with Crippen molar-refractivity contribution in [2.75, 3.05) is 31.2 Å². The van der Waals surface area contributed by atoms with Gasteiger partial charge in [0, 0.05) is 24.3 Å². The third-order valence-corrected chi connectivity index (χ3v) is 5.85. The fourth-order valence-electron chi connectivity index (χ4n) is 3.96. The van der Waals surface area contributed by atoms with E-state index in [9.17, 15) is 9.59 Å². The van der Waals surface area contributed by atoms with Crippen LogP contribution in [0.4, 0.5) is 5.69 Å². The molecule has 1 fully saturated rings. The van der Waals surface area contributed by atoms with Gasteiger partial charge in [-0.1, -0.05) is 44.2 Å². The molecule has 0 spiro atoms. The van der Waals surface area contributed by atoms with Crippen molar-refractivity contribution in [1.82, 2.24) is 10.6 Å². The molecule has 6 heteroatoms. The van der Waals surface area contributed by atoms with Gasteiger partial charge in [-0.2, -0.15) is 0 Å². The van der Waals surface area contributed by atoms with Gasteiger partial charge in [-0.15, -0.1) is 0 Å². The Labute approximate surface area is 191 Å². The molecule has 32 heavy (non-hydrogen) atoms. The van der Waals surface area contributed by atoms with Crippen molar-refractivity contribution in [2.24, 2.45) is 5.92 Å². The van der Waals surface area contributed by atoms with Gasteiger partial charge in [0.05, 0.1) is 19.3 Å². The molecule has 0 unspecified atom stereocenters.